The van der Waals surface area contributed by atoms with Gasteiger partial charge in [-0.15, -0.1) is 0 Å². The number of hydrogen-bond donors (Lipinski definition) is 0. The van der Waals surface area contributed by atoms with Gasteiger partial charge in [-0.1, -0.05) is 18.2 Å². The van der Waals surface area contributed by atoms with E-state index in [9.17, 15) is 0 Å². The van der Waals surface area contributed by atoms with Gasteiger partial charge < -0.3 is 0 Å². The molecule has 0 nitrogen and oxygen atoms in total. The molecule has 0 aromatic rings. The van der Waals surface area contributed by atoms with Crippen molar-refractivity contribution in [2.45, 2.75) is 6.92 Å². The van der Waals surface area contributed by atoms with E-state index in [0.29, 0.717) is 0 Å². The standard InChI is InChI=1S/C6H8/c1-3-5-6-4-2/h3-5H,1H2,2H3/b5-3+,6-4?. The molecule has 32 valence electrons. The average molecular weight is 80.1 g/mol. The van der Waals surface area contributed by atoms with Crippen LogP contribution in [0.25, 0.3) is 0 Å². The highest BCUT2D eigenvalue weighted by molar-refractivity contribution is 4.94. The minimum Gasteiger partial charge on any atom is -0.0836 e. The van der Waals surface area contributed by atoms with Crippen LogP contribution in [0.3, 0.4) is 0 Å². The van der Waals surface area contributed by atoms with E-state index in [-0.39, 0.29) is 0 Å². The molecule has 0 heteroatoms. The summed E-state index contributed by atoms with van der Waals surface area (Å²) in [4.78, 5) is 0. The Labute approximate surface area is 39.2 Å². The van der Waals surface area contributed by atoms with Crippen LogP contribution in [0.1, 0.15) is 6.92 Å². The molecule has 0 aromatic heterocycles. The fraction of sp³-hybridized carbons (Fsp3) is 0.167. The molecule has 0 heterocycles. The zero-order valence-corrected chi connectivity index (χ0v) is 3.94. The van der Waals surface area contributed by atoms with Crippen LogP contribution in [0.2, 0.25) is 0 Å². The van der Waals surface area contributed by atoms with Crippen LogP contribution < -0.4 is 0 Å². The molecule has 0 aliphatic heterocycles. The summed E-state index contributed by atoms with van der Waals surface area (Å²) in [7, 11) is 0. The second kappa shape index (κ2) is 4.48. The van der Waals surface area contributed by atoms with Gasteiger partial charge in [-0.3, -0.25) is 0 Å². The topological polar surface area (TPSA) is 0 Å². The van der Waals surface area contributed by atoms with Crippen LogP contribution in [0.4, 0.5) is 0 Å². The van der Waals surface area contributed by atoms with Gasteiger partial charge in [0, 0.05) is 0 Å². The predicted octanol–water partition coefficient (Wildman–Crippen LogP) is 1.76. The molecule has 0 rings (SSSR count). The van der Waals surface area contributed by atoms with Crippen LogP contribution in [0.5, 0.6) is 0 Å². The van der Waals surface area contributed by atoms with Crippen molar-refractivity contribution in [3.05, 3.63) is 31.2 Å². The fourth-order valence-corrected chi connectivity index (χ4v) is 0.164. The normalized spacial score (nSPS) is 11.7. The average Bonchev–Trinajstić information content (AvgIpc) is 1.61. The summed E-state index contributed by atoms with van der Waals surface area (Å²) < 4.78 is 0. The smallest absolute Gasteiger partial charge is 0.0233 e. The predicted molar refractivity (Wildman–Crippen MR) is 28.0 cm³/mol. The quantitative estimate of drug-likeness (QED) is 0.421. The van der Waals surface area contributed by atoms with Crippen LogP contribution in [-0.2, 0) is 0 Å². The Morgan fingerprint density at radius 3 is 2.50 bits per heavy atom. The Balaban J connectivity index is 3.07. The van der Waals surface area contributed by atoms with Crippen molar-refractivity contribution >= 4 is 0 Å². The first-order chi connectivity index (χ1) is 2.91. The van der Waals surface area contributed by atoms with Gasteiger partial charge in [0.05, 0.1) is 0 Å². The minimum absolute atomic E-state index is 1.69. The highest BCUT2D eigenvalue weighted by Crippen LogP contribution is 1.68. The summed E-state index contributed by atoms with van der Waals surface area (Å²) in [5.74, 6) is 0. The third-order valence-corrected chi connectivity index (χ3v) is 0.381. The molecule has 0 bridgehead atoms. The van der Waals surface area contributed by atoms with E-state index in [1.54, 1.807) is 12.2 Å². The first-order valence-electron chi connectivity index (χ1n) is 1.90. The van der Waals surface area contributed by atoms with E-state index in [2.05, 4.69) is 13.0 Å². The Morgan fingerprint density at radius 2 is 2.33 bits per heavy atom. The summed E-state index contributed by atoms with van der Waals surface area (Å²) >= 11 is 0. The van der Waals surface area contributed by atoms with E-state index in [1.807, 2.05) is 13.0 Å². The molecule has 0 atom stereocenters. The third-order valence-electron chi connectivity index (χ3n) is 0.381. The molecule has 0 fully saturated rings. The van der Waals surface area contributed by atoms with Crippen LogP contribution >= 0.6 is 0 Å². The molecule has 0 aliphatic carbocycles. The third kappa shape index (κ3) is 3.48. The van der Waals surface area contributed by atoms with Crippen LogP contribution in [0, 0.1) is 13.0 Å². The molecule has 6 heavy (non-hydrogen) atoms. The van der Waals surface area contributed by atoms with Crippen molar-refractivity contribution in [2.75, 3.05) is 0 Å². The fourth-order valence-electron chi connectivity index (χ4n) is 0.164. The molecule has 0 saturated carbocycles. The van der Waals surface area contributed by atoms with Crippen molar-refractivity contribution in [1.82, 2.24) is 0 Å². The molecule has 0 spiro atoms. The van der Waals surface area contributed by atoms with E-state index in [1.165, 1.54) is 0 Å². The highest BCUT2D eigenvalue weighted by atomic mass is 13.6. The van der Waals surface area contributed by atoms with E-state index >= 15 is 0 Å². The van der Waals surface area contributed by atoms with Gasteiger partial charge in [0.2, 0.25) is 0 Å². The molecule has 2 radical (unpaired) electrons. The molecule has 0 amide bonds. The first-order valence-corrected chi connectivity index (χ1v) is 1.90. The number of hydrogen-bond acceptors (Lipinski definition) is 0. The SMILES string of the molecule is [CH2]/C=C/[C]=C/C. The zero-order valence-electron chi connectivity index (χ0n) is 3.94. The lowest BCUT2D eigenvalue weighted by molar-refractivity contribution is 1.69. The Kier molecular flexibility index (Phi) is 4.09. The Hall–Kier alpha value is -0.520. The summed E-state index contributed by atoms with van der Waals surface area (Å²) in [6.07, 6.45) is 8.12. The zero-order chi connectivity index (χ0) is 4.83. The first kappa shape index (κ1) is 5.48. The minimum atomic E-state index is 1.69. The maximum atomic E-state index is 3.46. The van der Waals surface area contributed by atoms with Gasteiger partial charge in [-0.25, -0.2) is 0 Å². The monoisotopic (exact) mass is 80.1 g/mol. The lowest BCUT2D eigenvalue weighted by atomic mass is 10.5. The largest absolute Gasteiger partial charge is 0.0836 e. The number of allylic oxidation sites excluding steroid dienone is 4. The van der Waals surface area contributed by atoms with E-state index in [4.69, 9.17) is 0 Å². The van der Waals surface area contributed by atoms with Crippen molar-refractivity contribution in [3.8, 4) is 0 Å². The van der Waals surface area contributed by atoms with Crippen LogP contribution in [0.15, 0.2) is 18.2 Å². The summed E-state index contributed by atoms with van der Waals surface area (Å²) in [6.45, 7) is 5.38. The second-order valence-corrected chi connectivity index (χ2v) is 0.858. The maximum Gasteiger partial charge on any atom is -0.0233 e. The molecule has 0 aromatic carbocycles. The van der Waals surface area contributed by atoms with Gasteiger partial charge in [0.1, 0.15) is 0 Å². The van der Waals surface area contributed by atoms with Crippen molar-refractivity contribution in [2.24, 2.45) is 0 Å². The van der Waals surface area contributed by atoms with E-state index in [0.717, 1.165) is 0 Å². The summed E-state index contributed by atoms with van der Waals surface area (Å²) in [5, 5.41) is 0. The lowest BCUT2D eigenvalue weighted by Gasteiger charge is -1.60. The summed E-state index contributed by atoms with van der Waals surface area (Å²) in [6, 6.07) is 0. The van der Waals surface area contributed by atoms with Crippen LogP contribution in [-0.4, -0.2) is 0 Å². The lowest BCUT2D eigenvalue weighted by Crippen LogP contribution is -1.42. The van der Waals surface area contributed by atoms with Gasteiger partial charge >= 0.3 is 0 Å². The molecule has 0 N–H and O–H groups in total. The number of rotatable bonds is 1. The van der Waals surface area contributed by atoms with E-state index < -0.39 is 0 Å². The maximum absolute atomic E-state index is 3.46. The molecule has 0 saturated heterocycles. The molecule has 0 unspecified atom stereocenters. The van der Waals surface area contributed by atoms with Crippen molar-refractivity contribution in [1.29, 1.82) is 0 Å². The highest BCUT2D eigenvalue weighted by Gasteiger charge is 1.50. The molecule has 0 aliphatic rings. The van der Waals surface area contributed by atoms with Crippen molar-refractivity contribution in [3.63, 3.8) is 0 Å². The molecular weight excluding hydrogens is 72.1 g/mol. The summed E-state index contributed by atoms with van der Waals surface area (Å²) in [5.41, 5.74) is 0. The second-order valence-electron chi connectivity index (χ2n) is 0.858. The van der Waals surface area contributed by atoms with Gasteiger partial charge in [0.15, 0.2) is 0 Å². The Bertz CT molecular complexity index is 48.4. The van der Waals surface area contributed by atoms with Gasteiger partial charge in [-0.2, -0.15) is 0 Å². The molecular formula is C6H8. The Morgan fingerprint density at radius 1 is 1.67 bits per heavy atom. The van der Waals surface area contributed by atoms with Gasteiger partial charge in [0.25, 0.3) is 0 Å². The van der Waals surface area contributed by atoms with Crippen molar-refractivity contribution < 1.29 is 0 Å². The van der Waals surface area contributed by atoms with Gasteiger partial charge in [-0.05, 0) is 19.9 Å².